The van der Waals surface area contributed by atoms with E-state index in [-0.39, 0.29) is 42.1 Å². The van der Waals surface area contributed by atoms with Crippen molar-refractivity contribution in [2.75, 3.05) is 32.1 Å². The molecule has 1 aliphatic heterocycles. The van der Waals surface area contributed by atoms with Gasteiger partial charge in [-0.05, 0) is 42.5 Å². The maximum absolute atomic E-state index is 12.6. The zero-order chi connectivity index (χ0) is 22.4. The molecule has 31 heavy (non-hydrogen) atoms. The molecule has 9 heteroatoms. The van der Waals surface area contributed by atoms with E-state index in [1.165, 1.54) is 24.1 Å². The zero-order valence-electron chi connectivity index (χ0n) is 16.6. The molecule has 1 amide bonds. The number of nitrogens with one attached hydrogen (secondary N) is 1. The summed E-state index contributed by atoms with van der Waals surface area (Å²) in [6, 6.07) is 15.1. The molecule has 0 aromatic heterocycles. The molecule has 0 bridgehead atoms. The Balaban J connectivity index is 1.77. The van der Waals surface area contributed by atoms with Crippen molar-refractivity contribution in [2.24, 2.45) is 0 Å². The molecule has 2 aromatic carbocycles. The van der Waals surface area contributed by atoms with Crippen molar-refractivity contribution in [2.45, 2.75) is 0 Å². The number of rotatable bonds is 7. The highest BCUT2D eigenvalue weighted by Crippen LogP contribution is 2.27. The summed E-state index contributed by atoms with van der Waals surface area (Å²) in [4.78, 5) is 26.0. The fourth-order valence-corrected chi connectivity index (χ4v) is 3.01. The standard InChI is InChI=1S/C22H18N4O5/c1-30-22(29)19-13-26(8-9-27)21(28)20(19)25-16-3-6-17(7-4-16)31-18-5-2-14(11-23)15(10-18)12-24/h2-7,10,25,27H,8-9,13H2,1H3. The van der Waals surface area contributed by atoms with Crippen LogP contribution in [0.2, 0.25) is 0 Å². The number of amides is 1. The number of nitrogens with zero attached hydrogens (tertiary/aromatic N) is 3. The number of carbonyl (C=O) groups excluding carboxylic acids is 2. The van der Waals surface area contributed by atoms with Crippen molar-refractivity contribution < 1.29 is 24.2 Å². The highest BCUT2D eigenvalue weighted by Gasteiger charge is 2.34. The van der Waals surface area contributed by atoms with Gasteiger partial charge in [-0.1, -0.05) is 0 Å². The van der Waals surface area contributed by atoms with Gasteiger partial charge in [-0.25, -0.2) is 4.79 Å². The minimum absolute atomic E-state index is 0.0511. The van der Waals surface area contributed by atoms with E-state index in [0.29, 0.717) is 17.2 Å². The van der Waals surface area contributed by atoms with Crippen LogP contribution in [0.15, 0.2) is 53.7 Å². The van der Waals surface area contributed by atoms with E-state index in [9.17, 15) is 9.59 Å². The van der Waals surface area contributed by atoms with E-state index in [1.54, 1.807) is 30.3 Å². The van der Waals surface area contributed by atoms with Crippen molar-refractivity contribution in [3.63, 3.8) is 0 Å². The molecule has 0 unspecified atom stereocenters. The smallest absolute Gasteiger partial charge is 0.337 e. The highest BCUT2D eigenvalue weighted by atomic mass is 16.5. The van der Waals surface area contributed by atoms with Gasteiger partial charge in [0.25, 0.3) is 5.91 Å². The fourth-order valence-electron chi connectivity index (χ4n) is 3.01. The molecule has 0 saturated heterocycles. The van der Waals surface area contributed by atoms with Gasteiger partial charge in [-0.3, -0.25) is 4.79 Å². The molecule has 0 radical (unpaired) electrons. The number of esters is 1. The Morgan fingerprint density at radius 1 is 1.13 bits per heavy atom. The van der Waals surface area contributed by atoms with Gasteiger partial charge in [0, 0.05) is 12.2 Å². The lowest BCUT2D eigenvalue weighted by Gasteiger charge is -2.15. The molecular weight excluding hydrogens is 400 g/mol. The van der Waals surface area contributed by atoms with Gasteiger partial charge in [0.1, 0.15) is 29.3 Å². The summed E-state index contributed by atoms with van der Waals surface area (Å²) >= 11 is 0. The Kier molecular flexibility index (Phi) is 6.51. The van der Waals surface area contributed by atoms with Crippen LogP contribution in [-0.2, 0) is 14.3 Å². The summed E-state index contributed by atoms with van der Waals surface area (Å²) in [5.74, 6) is -0.153. The van der Waals surface area contributed by atoms with Crippen molar-refractivity contribution in [1.29, 1.82) is 10.5 Å². The van der Waals surface area contributed by atoms with E-state index in [0.717, 1.165) is 0 Å². The Morgan fingerprint density at radius 3 is 2.42 bits per heavy atom. The van der Waals surface area contributed by atoms with Gasteiger partial charge in [0.15, 0.2) is 0 Å². The predicted molar refractivity (Wildman–Crippen MR) is 109 cm³/mol. The number of anilines is 1. The van der Waals surface area contributed by atoms with Gasteiger partial charge in [-0.2, -0.15) is 10.5 Å². The molecule has 0 fully saturated rings. The number of benzene rings is 2. The molecule has 2 N–H and O–H groups in total. The van der Waals surface area contributed by atoms with Crippen LogP contribution in [0.3, 0.4) is 0 Å². The van der Waals surface area contributed by atoms with Crippen LogP contribution in [-0.4, -0.2) is 48.7 Å². The average Bonchev–Trinajstić information content (AvgIpc) is 3.10. The van der Waals surface area contributed by atoms with E-state index in [2.05, 4.69) is 5.32 Å². The molecule has 0 aliphatic carbocycles. The lowest BCUT2D eigenvalue weighted by Crippen LogP contribution is -2.31. The number of hydrogen-bond donors (Lipinski definition) is 2. The van der Waals surface area contributed by atoms with Crippen LogP contribution in [0.4, 0.5) is 5.69 Å². The largest absolute Gasteiger partial charge is 0.466 e. The number of nitriles is 2. The minimum atomic E-state index is -0.620. The topological polar surface area (TPSA) is 136 Å². The van der Waals surface area contributed by atoms with Gasteiger partial charge in [0.2, 0.25) is 0 Å². The predicted octanol–water partition coefficient (Wildman–Crippen LogP) is 1.90. The number of aliphatic hydroxyl groups is 1. The van der Waals surface area contributed by atoms with Crippen LogP contribution in [0.5, 0.6) is 11.5 Å². The highest BCUT2D eigenvalue weighted by molar-refractivity contribution is 6.08. The first kappa shape index (κ1) is 21.4. The van der Waals surface area contributed by atoms with E-state index in [4.69, 9.17) is 25.1 Å². The first-order chi connectivity index (χ1) is 15.0. The lowest BCUT2D eigenvalue weighted by molar-refractivity contribution is -0.136. The van der Waals surface area contributed by atoms with Gasteiger partial charge >= 0.3 is 5.97 Å². The summed E-state index contributed by atoms with van der Waals surface area (Å²) in [6.45, 7) is -0.0650. The van der Waals surface area contributed by atoms with E-state index >= 15 is 0 Å². The molecule has 2 aromatic rings. The molecule has 3 rings (SSSR count). The molecule has 1 heterocycles. The molecule has 0 spiro atoms. The van der Waals surface area contributed by atoms with Crippen LogP contribution in [0.25, 0.3) is 0 Å². The van der Waals surface area contributed by atoms with Gasteiger partial charge in [0.05, 0.1) is 37.0 Å². The SMILES string of the molecule is COC(=O)C1=C(Nc2ccc(Oc3ccc(C#N)c(C#N)c3)cc2)C(=O)N(CCO)C1. The zero-order valence-corrected chi connectivity index (χ0v) is 16.6. The Morgan fingerprint density at radius 2 is 1.81 bits per heavy atom. The maximum atomic E-state index is 12.6. The third-order valence-electron chi connectivity index (χ3n) is 4.54. The molecule has 9 nitrogen and oxygen atoms in total. The summed E-state index contributed by atoms with van der Waals surface area (Å²) in [6.07, 6.45) is 0. The third-order valence-corrected chi connectivity index (χ3v) is 4.54. The number of methoxy groups -OCH3 is 1. The van der Waals surface area contributed by atoms with Crippen molar-refractivity contribution in [1.82, 2.24) is 4.90 Å². The number of aliphatic hydroxyl groups excluding tert-OH is 1. The summed E-state index contributed by atoms with van der Waals surface area (Å²) in [5.41, 5.74) is 1.30. The van der Waals surface area contributed by atoms with Crippen LogP contribution < -0.4 is 10.1 Å². The monoisotopic (exact) mass is 418 g/mol. The van der Waals surface area contributed by atoms with Gasteiger partial charge < -0.3 is 24.8 Å². The fraction of sp³-hybridized carbons (Fsp3) is 0.182. The Hall–Kier alpha value is -4.34. The number of carbonyl (C=O) groups is 2. The number of ether oxygens (including phenoxy) is 2. The molecule has 0 saturated carbocycles. The second-order valence-corrected chi connectivity index (χ2v) is 6.48. The van der Waals surface area contributed by atoms with E-state index in [1.807, 2.05) is 12.1 Å². The summed E-state index contributed by atoms with van der Waals surface area (Å²) in [5, 5.41) is 30.2. The quantitative estimate of drug-likeness (QED) is 0.651. The Labute approximate surface area is 178 Å². The molecular formula is C22H18N4O5. The second kappa shape index (κ2) is 9.44. The summed E-state index contributed by atoms with van der Waals surface area (Å²) < 4.78 is 10.5. The van der Waals surface area contributed by atoms with Crippen molar-refractivity contribution in [3.05, 3.63) is 64.9 Å². The first-order valence-electron chi connectivity index (χ1n) is 9.21. The van der Waals surface area contributed by atoms with E-state index < -0.39 is 11.9 Å². The molecule has 0 atom stereocenters. The van der Waals surface area contributed by atoms with Crippen LogP contribution >= 0.6 is 0 Å². The number of hydrogen-bond acceptors (Lipinski definition) is 8. The lowest BCUT2D eigenvalue weighted by atomic mass is 10.1. The molecule has 156 valence electrons. The van der Waals surface area contributed by atoms with Crippen molar-refractivity contribution >= 4 is 17.6 Å². The third kappa shape index (κ3) is 4.64. The van der Waals surface area contributed by atoms with Crippen LogP contribution in [0.1, 0.15) is 11.1 Å². The Bertz CT molecular complexity index is 1130. The normalized spacial score (nSPS) is 12.9. The van der Waals surface area contributed by atoms with Crippen LogP contribution in [0, 0.1) is 22.7 Å². The summed E-state index contributed by atoms with van der Waals surface area (Å²) in [7, 11) is 1.24. The van der Waals surface area contributed by atoms with Gasteiger partial charge in [-0.15, -0.1) is 0 Å². The average molecular weight is 418 g/mol. The number of β-amino-alcohol motifs (C(OH)–C–C–N with tert-alkyl or cyclic N) is 1. The maximum Gasteiger partial charge on any atom is 0.337 e. The van der Waals surface area contributed by atoms with Crippen molar-refractivity contribution in [3.8, 4) is 23.6 Å². The molecule has 1 aliphatic rings. The minimum Gasteiger partial charge on any atom is -0.466 e. The first-order valence-corrected chi connectivity index (χ1v) is 9.21. The second-order valence-electron chi connectivity index (χ2n) is 6.48.